The molecule has 0 radical (unpaired) electrons. The van der Waals surface area contributed by atoms with E-state index in [2.05, 4.69) is 20.7 Å². The molecule has 14 heteroatoms. The smallest absolute Gasteiger partial charge is 0.406 e. The summed E-state index contributed by atoms with van der Waals surface area (Å²) in [6, 6.07) is 4.13. The van der Waals surface area contributed by atoms with Crippen molar-refractivity contribution in [3.05, 3.63) is 29.8 Å². The van der Waals surface area contributed by atoms with Crippen LogP contribution in [0.15, 0.2) is 24.3 Å². The Kier molecular flexibility index (Phi) is 9.67. The minimum atomic E-state index is -4.79. The molecule has 10 atom stereocenters. The number of fused-ring (bicyclic) bond motifs is 2. The van der Waals surface area contributed by atoms with Gasteiger partial charge in [0.2, 0.25) is 12.1 Å². The van der Waals surface area contributed by atoms with Crippen LogP contribution in [0.25, 0.3) is 0 Å². The summed E-state index contributed by atoms with van der Waals surface area (Å²) < 4.78 is 65.7. The van der Waals surface area contributed by atoms with Crippen molar-refractivity contribution in [1.29, 1.82) is 0 Å². The first kappa shape index (κ1) is 31.3. The first-order valence-corrected chi connectivity index (χ1v) is 13.5. The van der Waals surface area contributed by atoms with Crippen molar-refractivity contribution in [2.75, 3.05) is 27.2 Å². The van der Waals surface area contributed by atoms with Crippen LogP contribution in [-0.4, -0.2) is 109 Å². The number of aliphatic hydroxyl groups excluding tert-OH is 1. The fraction of sp³-hybridized carbons (Fsp3) is 0.769. The van der Waals surface area contributed by atoms with E-state index in [4.69, 9.17) is 18.9 Å². The van der Waals surface area contributed by atoms with Crippen molar-refractivity contribution >= 4 is 0 Å². The van der Waals surface area contributed by atoms with Crippen molar-refractivity contribution in [2.24, 2.45) is 0 Å². The molecule has 2 aliphatic heterocycles. The lowest BCUT2D eigenvalue weighted by Gasteiger charge is -2.60. The van der Waals surface area contributed by atoms with Gasteiger partial charge in [-0.3, -0.25) is 0 Å². The monoisotopic (exact) mass is 579 g/mol. The van der Waals surface area contributed by atoms with E-state index in [-0.39, 0.29) is 25.3 Å². The van der Waals surface area contributed by atoms with Gasteiger partial charge < -0.3 is 55.0 Å². The molecule has 0 aromatic heterocycles. The van der Waals surface area contributed by atoms with Gasteiger partial charge in [-0.25, -0.2) is 0 Å². The summed E-state index contributed by atoms with van der Waals surface area (Å²) in [6.45, 7) is 4.13. The summed E-state index contributed by atoms with van der Waals surface area (Å²) in [7, 11) is 3.37. The number of halogens is 3. The van der Waals surface area contributed by atoms with Gasteiger partial charge in [0.25, 0.3) is 0 Å². The molecule has 6 N–H and O–H groups in total. The Bertz CT molecular complexity index is 976. The quantitative estimate of drug-likeness (QED) is 0.229. The Morgan fingerprint density at radius 3 is 2.33 bits per heavy atom. The third kappa shape index (κ3) is 6.26. The van der Waals surface area contributed by atoms with Crippen LogP contribution >= 0.6 is 0 Å². The zero-order valence-corrected chi connectivity index (χ0v) is 23.0. The van der Waals surface area contributed by atoms with E-state index in [0.717, 1.165) is 6.42 Å². The van der Waals surface area contributed by atoms with E-state index >= 15 is 0 Å². The molecule has 10 unspecified atom stereocenters. The third-order valence-electron chi connectivity index (χ3n) is 7.74. The molecule has 228 valence electrons. The molecular weight excluding hydrogens is 539 g/mol. The summed E-state index contributed by atoms with van der Waals surface area (Å²) in [5.41, 5.74) is -1.26. The molecule has 0 bridgehead atoms. The zero-order chi connectivity index (χ0) is 29.3. The van der Waals surface area contributed by atoms with Crippen LogP contribution in [0.1, 0.15) is 32.3 Å². The molecule has 1 aromatic rings. The Labute approximate surface area is 231 Å². The second-order valence-corrected chi connectivity index (χ2v) is 10.6. The molecule has 3 aliphatic rings. The average molecular weight is 580 g/mol. The lowest BCUT2D eigenvalue weighted by molar-refractivity contribution is -0.482. The van der Waals surface area contributed by atoms with Gasteiger partial charge in [0.05, 0.1) is 24.3 Å². The van der Waals surface area contributed by atoms with Crippen molar-refractivity contribution in [3.63, 3.8) is 0 Å². The molecule has 11 nitrogen and oxygen atoms in total. The minimum Gasteiger partial charge on any atom is -0.406 e. The first-order valence-electron chi connectivity index (χ1n) is 13.5. The molecule has 0 amide bonds. The number of benzene rings is 1. The van der Waals surface area contributed by atoms with Crippen molar-refractivity contribution in [1.82, 2.24) is 16.0 Å². The van der Waals surface area contributed by atoms with Crippen molar-refractivity contribution in [2.45, 2.75) is 99.9 Å². The minimum absolute atomic E-state index is 0.00617. The predicted octanol–water partition coefficient (Wildman–Crippen LogP) is 0.359. The van der Waals surface area contributed by atoms with Crippen LogP contribution in [0.2, 0.25) is 0 Å². The second-order valence-electron chi connectivity index (χ2n) is 10.6. The van der Waals surface area contributed by atoms with E-state index in [1.807, 2.05) is 6.92 Å². The van der Waals surface area contributed by atoms with Gasteiger partial charge >= 0.3 is 6.36 Å². The lowest BCUT2D eigenvalue weighted by atomic mass is 9.77. The van der Waals surface area contributed by atoms with Crippen LogP contribution in [0.5, 0.6) is 5.75 Å². The Morgan fingerprint density at radius 2 is 1.73 bits per heavy atom. The molecule has 3 fully saturated rings. The molecule has 2 heterocycles. The van der Waals surface area contributed by atoms with Crippen molar-refractivity contribution < 1.29 is 52.2 Å². The number of nitrogens with one attached hydrogen (secondary N) is 3. The van der Waals surface area contributed by atoms with Crippen molar-refractivity contribution in [3.8, 4) is 5.75 Å². The highest BCUT2D eigenvalue weighted by Gasteiger charge is 2.68. The van der Waals surface area contributed by atoms with Crippen LogP contribution in [0, 0.1) is 0 Å². The second kappa shape index (κ2) is 12.3. The number of alkyl halides is 3. The maximum atomic E-state index is 12.4. The van der Waals surface area contributed by atoms with Crippen LogP contribution in [-0.2, 0) is 25.5 Å². The third-order valence-corrected chi connectivity index (χ3v) is 7.74. The molecule has 4 rings (SSSR count). The first-order chi connectivity index (χ1) is 18.9. The standard InChI is InChI=1S/C26H40F3N3O8/c1-5-10-36-20-17(30-3)19(33)18(31-4)21-22(20)38-23-25(35,40-21)24(34,11-14(2)37-23)13-32-12-15-6-8-16(9-7-15)39-26(27,28)29/h6-9,14,17-23,30-35H,5,10-13H2,1-4H3. The SMILES string of the molecule is CCCOC1C(NC)C(O)C(NC)C2OC3(O)C(OC(C)CC3(O)CNCc3ccc(OC(F)(F)F)cc3)OC12. The Hall–Kier alpha value is -1.59. The van der Waals surface area contributed by atoms with Gasteiger partial charge in [0, 0.05) is 26.1 Å². The predicted molar refractivity (Wildman–Crippen MR) is 135 cm³/mol. The van der Waals surface area contributed by atoms with Gasteiger partial charge in [-0.05, 0) is 45.1 Å². The Morgan fingerprint density at radius 1 is 1.05 bits per heavy atom. The molecule has 2 saturated heterocycles. The number of aliphatic hydroxyl groups is 3. The molecular formula is C26H40F3N3O8. The van der Waals surface area contributed by atoms with E-state index in [1.165, 1.54) is 24.3 Å². The van der Waals surface area contributed by atoms with E-state index in [9.17, 15) is 28.5 Å². The largest absolute Gasteiger partial charge is 0.573 e. The van der Waals surface area contributed by atoms with Gasteiger partial charge in [0.1, 0.15) is 29.7 Å². The Balaban J connectivity index is 1.52. The highest BCUT2D eigenvalue weighted by atomic mass is 19.4. The summed E-state index contributed by atoms with van der Waals surface area (Å²) in [6.07, 6.45) is -9.17. The molecule has 1 aromatic carbocycles. The zero-order valence-electron chi connectivity index (χ0n) is 23.0. The average Bonchev–Trinajstić information content (AvgIpc) is 2.87. The van der Waals surface area contributed by atoms with Crippen LogP contribution < -0.4 is 20.7 Å². The highest BCUT2D eigenvalue weighted by Crippen LogP contribution is 2.46. The number of hydrogen-bond donors (Lipinski definition) is 6. The fourth-order valence-electron chi connectivity index (χ4n) is 5.88. The van der Waals surface area contributed by atoms with Crippen LogP contribution in [0.4, 0.5) is 13.2 Å². The van der Waals surface area contributed by atoms with Gasteiger partial charge in [-0.1, -0.05) is 19.1 Å². The molecule has 40 heavy (non-hydrogen) atoms. The highest BCUT2D eigenvalue weighted by molar-refractivity contribution is 5.27. The summed E-state index contributed by atoms with van der Waals surface area (Å²) in [5, 5.41) is 44.0. The number of ether oxygens (including phenoxy) is 5. The van der Waals surface area contributed by atoms with Gasteiger partial charge in [-0.15, -0.1) is 13.2 Å². The maximum absolute atomic E-state index is 12.4. The topological polar surface area (TPSA) is 143 Å². The number of likely N-dealkylation sites (N-methyl/N-ethyl adjacent to an activating group) is 2. The van der Waals surface area contributed by atoms with Gasteiger partial charge in [0.15, 0.2) is 0 Å². The summed E-state index contributed by atoms with van der Waals surface area (Å²) in [4.78, 5) is 0. The summed E-state index contributed by atoms with van der Waals surface area (Å²) in [5.74, 6) is -2.66. The number of hydrogen-bond acceptors (Lipinski definition) is 11. The fourth-order valence-corrected chi connectivity index (χ4v) is 5.88. The lowest BCUT2D eigenvalue weighted by Crippen LogP contribution is -2.81. The molecule has 1 saturated carbocycles. The van der Waals surface area contributed by atoms with E-state index < -0.39 is 66.6 Å². The molecule has 0 spiro atoms. The van der Waals surface area contributed by atoms with E-state index in [1.54, 1.807) is 21.0 Å². The summed E-state index contributed by atoms with van der Waals surface area (Å²) >= 11 is 0. The number of rotatable bonds is 10. The molecule has 1 aliphatic carbocycles. The van der Waals surface area contributed by atoms with Crippen LogP contribution in [0.3, 0.4) is 0 Å². The van der Waals surface area contributed by atoms with Gasteiger partial charge in [-0.2, -0.15) is 0 Å². The van der Waals surface area contributed by atoms with E-state index in [0.29, 0.717) is 12.2 Å². The maximum Gasteiger partial charge on any atom is 0.573 e. The normalized spacial score (nSPS) is 39.9.